The highest BCUT2D eigenvalue weighted by Gasteiger charge is 2.34. The van der Waals surface area contributed by atoms with Gasteiger partial charge in [0.2, 0.25) is 5.91 Å². The van der Waals surface area contributed by atoms with Crippen molar-refractivity contribution in [2.24, 2.45) is 0 Å². The number of hydrogen-bond acceptors (Lipinski definition) is 4. The first kappa shape index (κ1) is 24.6. The number of nitrogens with zero attached hydrogens (tertiary/aromatic N) is 3. The van der Waals surface area contributed by atoms with Gasteiger partial charge in [0.05, 0.1) is 24.8 Å². The summed E-state index contributed by atoms with van der Waals surface area (Å²) in [6.07, 6.45) is 3.76. The minimum atomic E-state index is -0.318. The molecule has 7 heteroatoms. The molecule has 1 amide bonds. The number of carbonyl (C=O) groups is 1. The summed E-state index contributed by atoms with van der Waals surface area (Å²) in [7, 11) is 1.64. The average Bonchev–Trinajstić information content (AvgIpc) is 3.48. The van der Waals surface area contributed by atoms with Crippen molar-refractivity contribution in [2.75, 3.05) is 25.2 Å². The minimum absolute atomic E-state index is 0.0190. The fourth-order valence-electron chi connectivity index (χ4n) is 4.92. The van der Waals surface area contributed by atoms with Crippen LogP contribution >= 0.6 is 0 Å². The number of methoxy groups -OCH3 is 1. The van der Waals surface area contributed by atoms with Crippen molar-refractivity contribution in [3.05, 3.63) is 96.6 Å². The van der Waals surface area contributed by atoms with Crippen LogP contribution in [0, 0.1) is 5.82 Å². The van der Waals surface area contributed by atoms with Crippen molar-refractivity contribution in [3.63, 3.8) is 0 Å². The van der Waals surface area contributed by atoms with Crippen LogP contribution in [0.2, 0.25) is 0 Å². The molecule has 0 saturated carbocycles. The summed E-state index contributed by atoms with van der Waals surface area (Å²) in [5, 5.41) is 0. The smallest absolute Gasteiger partial charge is 0.227 e. The summed E-state index contributed by atoms with van der Waals surface area (Å²) in [4.78, 5) is 19.5. The van der Waals surface area contributed by atoms with Crippen LogP contribution < -0.4 is 14.4 Å². The van der Waals surface area contributed by atoms with Gasteiger partial charge in [-0.05, 0) is 66.9 Å². The molecule has 1 fully saturated rings. The average molecular weight is 500 g/mol. The number of imidazole rings is 1. The van der Waals surface area contributed by atoms with Gasteiger partial charge in [0.1, 0.15) is 11.6 Å². The lowest BCUT2D eigenvalue weighted by atomic mass is 10.1. The zero-order valence-corrected chi connectivity index (χ0v) is 20.9. The van der Waals surface area contributed by atoms with Crippen molar-refractivity contribution >= 4 is 22.6 Å². The first-order valence-electron chi connectivity index (χ1n) is 12.5. The van der Waals surface area contributed by atoms with Crippen molar-refractivity contribution < 1.29 is 18.7 Å². The van der Waals surface area contributed by atoms with Crippen molar-refractivity contribution in [1.29, 1.82) is 0 Å². The number of hydrogen-bond donors (Lipinski definition) is 0. The molecule has 190 valence electrons. The second-order valence-electron chi connectivity index (χ2n) is 9.17. The van der Waals surface area contributed by atoms with Gasteiger partial charge in [-0.25, -0.2) is 9.37 Å². The van der Waals surface area contributed by atoms with Gasteiger partial charge in [-0.3, -0.25) is 4.79 Å². The van der Waals surface area contributed by atoms with Gasteiger partial charge in [0.25, 0.3) is 0 Å². The zero-order valence-electron chi connectivity index (χ0n) is 20.9. The van der Waals surface area contributed by atoms with E-state index in [1.807, 2.05) is 42.5 Å². The van der Waals surface area contributed by atoms with Gasteiger partial charge in [0.15, 0.2) is 11.5 Å². The van der Waals surface area contributed by atoms with Gasteiger partial charge in [-0.1, -0.05) is 24.3 Å². The highest BCUT2D eigenvalue weighted by molar-refractivity contribution is 5.96. The molecule has 1 aliphatic heterocycles. The van der Waals surface area contributed by atoms with E-state index in [2.05, 4.69) is 17.2 Å². The molecule has 2 heterocycles. The van der Waals surface area contributed by atoms with Crippen LogP contribution in [0.3, 0.4) is 0 Å². The number of rotatable bonds is 10. The van der Waals surface area contributed by atoms with Crippen LogP contribution in [-0.2, 0) is 17.8 Å². The Labute approximate surface area is 215 Å². The lowest BCUT2D eigenvalue weighted by Gasteiger charge is -2.17. The van der Waals surface area contributed by atoms with E-state index in [-0.39, 0.29) is 17.6 Å². The third kappa shape index (κ3) is 5.21. The normalized spacial score (nSPS) is 15.4. The van der Waals surface area contributed by atoms with E-state index in [0.29, 0.717) is 43.3 Å². The number of aryl methyl sites for hydroxylation is 1. The topological polar surface area (TPSA) is 56.6 Å². The standard InChI is InChI=1S/C30H30FN3O3/c1-3-7-21-10-15-27(28(18-21)36-2)37-17-6-16-33-26-9-5-4-8-25(26)32-30(33)22-19-29(35)34(20-22)24-13-11-23(31)12-14-24/h3-5,8-15,18,22H,1,6-7,16-17,19-20H2,2H3. The molecule has 0 radical (unpaired) electrons. The summed E-state index contributed by atoms with van der Waals surface area (Å²) >= 11 is 0. The molecule has 3 aromatic carbocycles. The second kappa shape index (κ2) is 10.9. The Hall–Kier alpha value is -4.13. The highest BCUT2D eigenvalue weighted by atomic mass is 19.1. The molecule has 0 spiro atoms. The maximum Gasteiger partial charge on any atom is 0.227 e. The van der Waals surface area contributed by atoms with Crippen LogP contribution in [0.5, 0.6) is 11.5 Å². The van der Waals surface area contributed by atoms with E-state index in [9.17, 15) is 9.18 Å². The molecule has 1 aromatic heterocycles. The fourth-order valence-corrected chi connectivity index (χ4v) is 4.92. The van der Waals surface area contributed by atoms with Crippen molar-refractivity contribution in [2.45, 2.75) is 31.7 Å². The number of para-hydroxylation sites is 2. The lowest BCUT2D eigenvalue weighted by Crippen LogP contribution is -2.24. The molecular weight excluding hydrogens is 469 g/mol. The SMILES string of the molecule is C=CCc1ccc(OCCCn2c(C3CC(=O)N(c4ccc(F)cc4)C3)nc3ccccc32)c(OC)c1. The molecule has 1 atom stereocenters. The van der Waals surface area contributed by atoms with Gasteiger partial charge >= 0.3 is 0 Å². The van der Waals surface area contributed by atoms with Crippen LogP contribution in [0.15, 0.2) is 79.4 Å². The Bertz CT molecular complexity index is 1410. The minimum Gasteiger partial charge on any atom is -0.493 e. The van der Waals surface area contributed by atoms with Crippen molar-refractivity contribution in [3.8, 4) is 11.5 Å². The molecule has 6 nitrogen and oxygen atoms in total. The highest BCUT2D eigenvalue weighted by Crippen LogP contribution is 2.34. The third-order valence-electron chi connectivity index (χ3n) is 6.70. The Morgan fingerprint density at radius 1 is 1.11 bits per heavy atom. The van der Waals surface area contributed by atoms with Gasteiger partial charge in [-0.15, -0.1) is 6.58 Å². The van der Waals surface area contributed by atoms with Gasteiger partial charge < -0.3 is 18.9 Å². The molecule has 0 N–H and O–H groups in total. The van der Waals surface area contributed by atoms with Crippen LogP contribution in [0.25, 0.3) is 11.0 Å². The Morgan fingerprint density at radius 2 is 1.92 bits per heavy atom. The predicted molar refractivity (Wildman–Crippen MR) is 143 cm³/mol. The number of carbonyl (C=O) groups excluding carboxylic acids is 1. The second-order valence-corrected chi connectivity index (χ2v) is 9.17. The van der Waals surface area contributed by atoms with Crippen LogP contribution in [0.1, 0.15) is 30.1 Å². The molecule has 1 unspecified atom stereocenters. The third-order valence-corrected chi connectivity index (χ3v) is 6.70. The summed E-state index contributed by atoms with van der Waals surface area (Å²) in [5.74, 6) is 1.96. The quantitative estimate of drug-likeness (QED) is 0.201. The summed E-state index contributed by atoms with van der Waals surface area (Å²) in [6.45, 7) is 5.51. The molecule has 1 saturated heterocycles. The van der Waals surface area contributed by atoms with E-state index < -0.39 is 0 Å². The maximum absolute atomic E-state index is 13.4. The number of allylic oxidation sites excluding steroid dienone is 1. The molecule has 37 heavy (non-hydrogen) atoms. The molecule has 1 aliphatic rings. The number of benzene rings is 3. The monoisotopic (exact) mass is 499 g/mol. The van der Waals surface area contributed by atoms with Crippen LogP contribution in [-0.4, -0.2) is 35.7 Å². The summed E-state index contributed by atoms with van der Waals surface area (Å²) < 4.78 is 27.2. The van der Waals surface area contributed by atoms with E-state index in [4.69, 9.17) is 14.5 Å². The van der Waals surface area contributed by atoms with Gasteiger partial charge in [-0.2, -0.15) is 0 Å². The molecule has 0 aliphatic carbocycles. The Morgan fingerprint density at radius 3 is 2.70 bits per heavy atom. The van der Waals surface area contributed by atoms with E-state index in [1.54, 1.807) is 24.1 Å². The van der Waals surface area contributed by atoms with E-state index >= 15 is 0 Å². The first-order chi connectivity index (χ1) is 18.1. The summed E-state index contributed by atoms with van der Waals surface area (Å²) in [5.41, 5.74) is 3.77. The summed E-state index contributed by atoms with van der Waals surface area (Å²) in [6, 6.07) is 20.0. The van der Waals surface area contributed by atoms with Crippen LogP contribution in [0.4, 0.5) is 10.1 Å². The molecule has 0 bridgehead atoms. The zero-order chi connectivity index (χ0) is 25.8. The van der Waals surface area contributed by atoms with E-state index in [1.165, 1.54) is 12.1 Å². The lowest BCUT2D eigenvalue weighted by molar-refractivity contribution is -0.117. The largest absolute Gasteiger partial charge is 0.493 e. The number of amides is 1. The Balaban J connectivity index is 1.31. The maximum atomic E-state index is 13.4. The predicted octanol–water partition coefficient (Wildman–Crippen LogP) is 5.90. The Kier molecular flexibility index (Phi) is 7.21. The number of aromatic nitrogens is 2. The fraction of sp³-hybridized carbons (Fsp3) is 0.267. The molecule has 4 aromatic rings. The van der Waals surface area contributed by atoms with Gasteiger partial charge in [0, 0.05) is 31.1 Å². The number of halogens is 1. The molecular formula is C30H30FN3O3. The molecule has 5 rings (SSSR count). The van der Waals surface area contributed by atoms with Crippen molar-refractivity contribution in [1.82, 2.24) is 9.55 Å². The number of fused-ring (bicyclic) bond motifs is 1. The number of ether oxygens (including phenoxy) is 2. The van der Waals surface area contributed by atoms with E-state index in [0.717, 1.165) is 35.3 Å². The first-order valence-corrected chi connectivity index (χ1v) is 12.5. The number of anilines is 1.